The Kier molecular flexibility index (Phi) is 8.97. The minimum absolute atomic E-state index is 0.138. The van der Waals surface area contributed by atoms with Crippen molar-refractivity contribution in [1.29, 1.82) is 0 Å². The van der Waals surface area contributed by atoms with Gasteiger partial charge in [-0.25, -0.2) is 4.39 Å². The van der Waals surface area contributed by atoms with Crippen LogP contribution in [0.2, 0.25) is 5.02 Å². The summed E-state index contributed by atoms with van der Waals surface area (Å²) in [6, 6.07) is 26.3. The van der Waals surface area contributed by atoms with Crippen molar-refractivity contribution in [2.45, 2.75) is 29.7 Å². The number of halogens is 2. The summed E-state index contributed by atoms with van der Waals surface area (Å²) in [5, 5.41) is 20.7. The van der Waals surface area contributed by atoms with E-state index in [4.69, 9.17) is 16.3 Å². The number of thioether (sulfide) groups is 1. The largest absolute Gasteiger partial charge is 0.507 e. The van der Waals surface area contributed by atoms with Crippen LogP contribution in [0.1, 0.15) is 33.9 Å². The van der Waals surface area contributed by atoms with Crippen LogP contribution < -0.4 is 9.64 Å². The normalized spacial score (nSPS) is 15.9. The number of benzene rings is 4. The number of aryl methyl sites for hydroxylation is 1. The Bertz CT molecular complexity index is 1910. The maximum Gasteiger partial charge on any atom is 0.301 e. The van der Waals surface area contributed by atoms with Crippen molar-refractivity contribution in [2.24, 2.45) is 0 Å². The van der Waals surface area contributed by atoms with E-state index in [2.05, 4.69) is 10.2 Å². The maximum atomic E-state index is 13.9. The number of rotatable bonds is 9. The fraction of sp³-hybridized carbons (Fsp3) is 0.118. The second-order valence-electron chi connectivity index (χ2n) is 10.2. The third kappa shape index (κ3) is 6.49. The van der Waals surface area contributed by atoms with Gasteiger partial charge in [-0.3, -0.25) is 14.5 Å². The van der Waals surface area contributed by atoms with Crippen LogP contribution in [0.5, 0.6) is 5.75 Å². The van der Waals surface area contributed by atoms with E-state index in [1.807, 2.05) is 49.4 Å². The molecule has 1 amide bonds. The lowest BCUT2D eigenvalue weighted by Crippen LogP contribution is -2.29. The fourth-order valence-electron chi connectivity index (χ4n) is 4.90. The third-order valence-corrected chi connectivity index (χ3v) is 9.80. The Labute approximate surface area is 272 Å². The zero-order valence-corrected chi connectivity index (χ0v) is 26.2. The first-order valence-electron chi connectivity index (χ1n) is 13.8. The number of aliphatic hydroxyl groups is 1. The van der Waals surface area contributed by atoms with Crippen LogP contribution in [0.15, 0.2) is 107 Å². The first kappa shape index (κ1) is 30.5. The number of anilines is 1. The number of hydrogen-bond acceptors (Lipinski definition) is 8. The number of carbonyl (C=O) groups excluding carboxylic acids is 2. The monoisotopic (exact) mass is 657 g/mol. The number of amides is 1. The average molecular weight is 658 g/mol. The Balaban J connectivity index is 1.30. The smallest absolute Gasteiger partial charge is 0.301 e. The topological polar surface area (TPSA) is 92.6 Å². The first-order valence-corrected chi connectivity index (χ1v) is 16.0. The molecule has 45 heavy (non-hydrogen) atoms. The molecule has 6 rings (SSSR count). The van der Waals surface area contributed by atoms with E-state index < -0.39 is 23.5 Å². The molecule has 1 unspecified atom stereocenters. The summed E-state index contributed by atoms with van der Waals surface area (Å²) in [6.45, 7) is 2.38. The van der Waals surface area contributed by atoms with Gasteiger partial charge in [-0.05, 0) is 71.6 Å². The van der Waals surface area contributed by atoms with Gasteiger partial charge in [0.25, 0.3) is 5.78 Å². The van der Waals surface area contributed by atoms with Gasteiger partial charge in [0, 0.05) is 16.3 Å². The number of carbonyl (C=O) groups is 2. The van der Waals surface area contributed by atoms with Gasteiger partial charge in [0.1, 0.15) is 23.9 Å². The molecule has 1 aromatic heterocycles. The fourth-order valence-corrected chi connectivity index (χ4v) is 7.05. The Hall–Kier alpha value is -4.51. The molecule has 0 bridgehead atoms. The van der Waals surface area contributed by atoms with E-state index in [-0.39, 0.29) is 16.5 Å². The van der Waals surface area contributed by atoms with Gasteiger partial charge in [0.05, 0.1) is 11.6 Å². The minimum atomic E-state index is -1.06. The number of hydrogen-bond donors (Lipinski definition) is 1. The molecule has 1 N–H and O–H groups in total. The molecule has 1 aliphatic heterocycles. The third-order valence-electron chi connectivity index (χ3n) is 7.32. The summed E-state index contributed by atoms with van der Waals surface area (Å²) < 4.78 is 20.4. The molecule has 1 fully saturated rings. The highest BCUT2D eigenvalue weighted by molar-refractivity contribution is 8.00. The van der Waals surface area contributed by atoms with Crippen molar-refractivity contribution >= 4 is 57.3 Å². The molecule has 1 atom stereocenters. The molecule has 2 heterocycles. The molecule has 0 aliphatic carbocycles. The average Bonchev–Trinajstić information content (AvgIpc) is 3.62. The van der Waals surface area contributed by atoms with E-state index in [1.165, 1.54) is 40.9 Å². The first-order chi connectivity index (χ1) is 21.8. The lowest BCUT2D eigenvalue weighted by atomic mass is 9.95. The van der Waals surface area contributed by atoms with Crippen LogP contribution in [-0.4, -0.2) is 27.0 Å². The second-order valence-corrected chi connectivity index (χ2v) is 12.8. The molecule has 1 aliphatic rings. The van der Waals surface area contributed by atoms with Crippen LogP contribution in [-0.2, 0) is 21.9 Å². The molecule has 0 saturated carbocycles. The molecule has 0 radical (unpaired) electrons. The molecule has 4 aromatic carbocycles. The van der Waals surface area contributed by atoms with Crippen LogP contribution in [0.25, 0.3) is 5.76 Å². The molecular formula is C34H25ClFN3O4S2. The van der Waals surface area contributed by atoms with E-state index in [1.54, 1.807) is 30.3 Å². The maximum absolute atomic E-state index is 13.9. The standard InChI is InChI=1S/C34H25ClFN3O4S2/c1-20-6-2-3-7-23(20)18-43-26-16-12-22(13-17-26)30(40)28-29(21-10-14-25(36)15-11-21)39(32(42)31(28)41)33-37-38-34(45-33)44-19-24-8-4-5-9-27(24)35/h2-17,29,40H,18-19H2,1H3/b30-28+. The highest BCUT2D eigenvalue weighted by Gasteiger charge is 2.48. The summed E-state index contributed by atoms with van der Waals surface area (Å²) >= 11 is 8.81. The lowest BCUT2D eigenvalue weighted by Gasteiger charge is -2.22. The van der Waals surface area contributed by atoms with Crippen LogP contribution >= 0.6 is 34.7 Å². The van der Waals surface area contributed by atoms with Gasteiger partial charge >= 0.3 is 5.91 Å². The van der Waals surface area contributed by atoms with Gasteiger partial charge in [0.15, 0.2) is 4.34 Å². The number of aromatic nitrogens is 2. The molecule has 5 aromatic rings. The van der Waals surface area contributed by atoms with Crippen molar-refractivity contribution in [3.8, 4) is 5.75 Å². The number of ether oxygens (including phenoxy) is 1. The second kappa shape index (κ2) is 13.2. The van der Waals surface area contributed by atoms with Crippen molar-refractivity contribution < 1.29 is 23.8 Å². The highest BCUT2D eigenvalue weighted by Crippen LogP contribution is 2.44. The highest BCUT2D eigenvalue weighted by atomic mass is 35.5. The summed E-state index contributed by atoms with van der Waals surface area (Å²) in [7, 11) is 0. The van der Waals surface area contributed by atoms with Crippen LogP contribution in [0.4, 0.5) is 9.52 Å². The van der Waals surface area contributed by atoms with Crippen molar-refractivity contribution in [2.75, 3.05) is 4.90 Å². The molecule has 0 spiro atoms. The molecular weight excluding hydrogens is 633 g/mol. The van der Waals surface area contributed by atoms with Crippen LogP contribution in [0.3, 0.4) is 0 Å². The van der Waals surface area contributed by atoms with Gasteiger partial charge in [0.2, 0.25) is 5.13 Å². The predicted molar refractivity (Wildman–Crippen MR) is 174 cm³/mol. The predicted octanol–water partition coefficient (Wildman–Crippen LogP) is 8.14. The Morgan fingerprint density at radius 3 is 2.36 bits per heavy atom. The van der Waals surface area contributed by atoms with E-state index >= 15 is 0 Å². The molecule has 11 heteroatoms. The van der Waals surface area contributed by atoms with Crippen molar-refractivity contribution in [3.05, 3.63) is 141 Å². The van der Waals surface area contributed by atoms with Crippen molar-refractivity contribution in [3.63, 3.8) is 0 Å². The number of aliphatic hydroxyl groups excluding tert-OH is 1. The molecule has 1 saturated heterocycles. The summed E-state index contributed by atoms with van der Waals surface area (Å²) in [6.07, 6.45) is 0. The minimum Gasteiger partial charge on any atom is -0.507 e. The zero-order valence-electron chi connectivity index (χ0n) is 23.8. The molecule has 226 valence electrons. The van der Waals surface area contributed by atoms with Gasteiger partial charge in [-0.2, -0.15) is 0 Å². The van der Waals surface area contributed by atoms with Gasteiger partial charge in [-0.15, -0.1) is 10.2 Å². The van der Waals surface area contributed by atoms with Gasteiger partial charge < -0.3 is 9.84 Å². The van der Waals surface area contributed by atoms with E-state index in [0.717, 1.165) is 28.0 Å². The quantitative estimate of drug-likeness (QED) is 0.0562. The summed E-state index contributed by atoms with van der Waals surface area (Å²) in [4.78, 5) is 28.2. The summed E-state index contributed by atoms with van der Waals surface area (Å²) in [5.74, 6) is -1.51. The van der Waals surface area contributed by atoms with Crippen LogP contribution in [0, 0.1) is 12.7 Å². The molecule has 7 nitrogen and oxygen atoms in total. The number of Topliss-reactive ketones (excluding diaryl/α,β-unsaturated/α-hetero) is 1. The lowest BCUT2D eigenvalue weighted by molar-refractivity contribution is -0.132. The zero-order chi connectivity index (χ0) is 31.5. The van der Waals surface area contributed by atoms with Crippen molar-refractivity contribution in [1.82, 2.24) is 10.2 Å². The van der Waals surface area contributed by atoms with Gasteiger partial charge in [-0.1, -0.05) is 89.3 Å². The SMILES string of the molecule is Cc1ccccc1COc1ccc(/C(O)=C2\C(=O)C(=O)N(c3nnc(SCc4ccccc4Cl)s3)C2c2ccc(F)cc2)cc1. The Morgan fingerprint density at radius 1 is 0.956 bits per heavy atom. The van der Waals surface area contributed by atoms with E-state index in [9.17, 15) is 19.1 Å². The summed E-state index contributed by atoms with van der Waals surface area (Å²) in [5.41, 5.74) is 3.68. The number of ketones is 1. The van der Waals surface area contributed by atoms with E-state index in [0.29, 0.717) is 38.6 Å². The number of nitrogens with zero attached hydrogens (tertiary/aromatic N) is 3. The Morgan fingerprint density at radius 2 is 1.64 bits per heavy atom.